The monoisotopic (exact) mass is 236 g/mol. The number of thiophene rings is 1. The van der Waals surface area contributed by atoms with E-state index in [1.165, 1.54) is 35.4 Å². The van der Waals surface area contributed by atoms with Gasteiger partial charge in [0.1, 0.15) is 0 Å². The zero-order chi connectivity index (χ0) is 11.1. The first-order valence-corrected chi connectivity index (χ1v) is 7.28. The first-order valence-electron chi connectivity index (χ1n) is 6.47. The molecule has 2 aliphatic rings. The summed E-state index contributed by atoms with van der Waals surface area (Å²) in [6, 6.07) is 4.21. The van der Waals surface area contributed by atoms with Gasteiger partial charge in [-0.2, -0.15) is 0 Å². The summed E-state index contributed by atoms with van der Waals surface area (Å²) in [4.78, 5) is 2.47. The van der Waals surface area contributed by atoms with E-state index in [1.807, 2.05) is 0 Å². The van der Waals surface area contributed by atoms with Crippen LogP contribution >= 0.6 is 11.3 Å². The molecule has 1 aromatic rings. The van der Waals surface area contributed by atoms with Crippen LogP contribution in [0.5, 0.6) is 0 Å². The first kappa shape index (κ1) is 10.8. The van der Waals surface area contributed by atoms with Gasteiger partial charge in [-0.15, -0.1) is 11.3 Å². The minimum atomic E-state index is -0.206. The van der Waals surface area contributed by atoms with Gasteiger partial charge in [-0.25, -0.2) is 0 Å². The van der Waals surface area contributed by atoms with Gasteiger partial charge in [0.2, 0.25) is 0 Å². The van der Waals surface area contributed by atoms with Gasteiger partial charge < -0.3 is 5.11 Å². The van der Waals surface area contributed by atoms with Crippen molar-refractivity contribution in [3.8, 4) is 0 Å². The molecule has 0 saturated heterocycles. The lowest BCUT2D eigenvalue weighted by Gasteiger charge is -2.23. The quantitative estimate of drug-likeness (QED) is 0.843. The Bertz CT molecular complexity index is 371. The molecule has 1 heterocycles. The molecule has 2 bridgehead atoms. The van der Waals surface area contributed by atoms with Gasteiger partial charge in [-0.05, 0) is 62.5 Å². The minimum absolute atomic E-state index is 0.206. The van der Waals surface area contributed by atoms with Crippen molar-refractivity contribution in [2.45, 2.75) is 45.1 Å². The average Bonchev–Trinajstić information content (AvgIpc) is 2.92. The zero-order valence-electron chi connectivity index (χ0n) is 9.86. The maximum atomic E-state index is 10.2. The molecule has 0 amide bonds. The molecule has 1 aromatic heterocycles. The predicted octanol–water partition coefficient (Wildman–Crippen LogP) is 3.92. The average molecular weight is 236 g/mol. The van der Waals surface area contributed by atoms with Gasteiger partial charge in [0.25, 0.3) is 0 Å². The lowest BCUT2D eigenvalue weighted by Crippen LogP contribution is -2.13. The molecular weight excluding hydrogens is 216 g/mol. The maximum absolute atomic E-state index is 10.2. The van der Waals surface area contributed by atoms with Crippen LogP contribution in [-0.4, -0.2) is 5.11 Å². The Labute approximate surface area is 102 Å². The number of hydrogen-bond acceptors (Lipinski definition) is 2. The van der Waals surface area contributed by atoms with E-state index in [0.29, 0.717) is 0 Å². The Kier molecular flexibility index (Phi) is 2.80. The van der Waals surface area contributed by atoms with Crippen LogP contribution < -0.4 is 0 Å². The second-order valence-electron chi connectivity index (χ2n) is 5.63. The summed E-state index contributed by atoms with van der Waals surface area (Å²) in [5.41, 5.74) is 0. The fourth-order valence-electron chi connectivity index (χ4n) is 3.70. The summed E-state index contributed by atoms with van der Waals surface area (Å²) in [7, 11) is 0. The fourth-order valence-corrected chi connectivity index (χ4v) is 4.58. The second-order valence-corrected chi connectivity index (χ2v) is 6.95. The molecule has 16 heavy (non-hydrogen) atoms. The highest BCUT2D eigenvalue weighted by Gasteiger charge is 2.40. The van der Waals surface area contributed by atoms with Gasteiger partial charge in [0.05, 0.1) is 6.10 Å². The third kappa shape index (κ3) is 1.93. The molecule has 2 saturated carbocycles. The summed E-state index contributed by atoms with van der Waals surface area (Å²) in [5.74, 6) is 2.73. The number of rotatable bonds is 3. The van der Waals surface area contributed by atoms with Crippen LogP contribution in [0, 0.1) is 24.7 Å². The van der Waals surface area contributed by atoms with Gasteiger partial charge >= 0.3 is 0 Å². The van der Waals surface area contributed by atoms with Crippen LogP contribution in [0.2, 0.25) is 0 Å². The Morgan fingerprint density at radius 3 is 2.81 bits per heavy atom. The van der Waals surface area contributed by atoms with E-state index in [0.717, 1.165) is 24.2 Å². The molecule has 0 spiro atoms. The Balaban J connectivity index is 1.62. The van der Waals surface area contributed by atoms with Crippen LogP contribution in [-0.2, 0) is 0 Å². The van der Waals surface area contributed by atoms with E-state index in [2.05, 4.69) is 19.1 Å². The molecule has 2 heteroatoms. The number of aliphatic hydroxyl groups is 1. The summed E-state index contributed by atoms with van der Waals surface area (Å²) in [6.45, 7) is 2.11. The van der Waals surface area contributed by atoms with Gasteiger partial charge in [-0.3, -0.25) is 0 Å². The molecule has 0 radical (unpaired) electrons. The summed E-state index contributed by atoms with van der Waals surface area (Å²) < 4.78 is 0. The van der Waals surface area contributed by atoms with E-state index in [4.69, 9.17) is 0 Å². The zero-order valence-corrected chi connectivity index (χ0v) is 10.7. The lowest BCUT2D eigenvalue weighted by molar-refractivity contribution is 0.128. The molecule has 1 N–H and O–H groups in total. The van der Waals surface area contributed by atoms with E-state index in [1.54, 1.807) is 11.3 Å². The summed E-state index contributed by atoms with van der Waals surface area (Å²) >= 11 is 1.75. The molecule has 4 atom stereocenters. The molecule has 0 aliphatic heterocycles. The van der Waals surface area contributed by atoms with E-state index in [9.17, 15) is 5.11 Å². The fraction of sp³-hybridized carbons (Fsp3) is 0.714. The number of aliphatic hydroxyl groups excluding tert-OH is 1. The maximum Gasteiger partial charge on any atom is 0.0884 e. The first-order chi connectivity index (χ1) is 7.72. The van der Waals surface area contributed by atoms with Crippen LogP contribution in [0.4, 0.5) is 0 Å². The molecular formula is C14H20OS. The largest absolute Gasteiger partial charge is 0.388 e. The van der Waals surface area contributed by atoms with Crippen molar-refractivity contribution in [3.05, 3.63) is 21.9 Å². The minimum Gasteiger partial charge on any atom is -0.388 e. The van der Waals surface area contributed by atoms with Crippen molar-refractivity contribution in [1.29, 1.82) is 0 Å². The highest BCUT2D eigenvalue weighted by atomic mass is 32.1. The Morgan fingerprint density at radius 2 is 2.25 bits per heavy atom. The summed E-state index contributed by atoms with van der Waals surface area (Å²) in [6.07, 6.45) is 6.50. The number of hydrogen-bond donors (Lipinski definition) is 1. The third-order valence-electron chi connectivity index (χ3n) is 4.50. The molecule has 3 rings (SSSR count). The highest BCUT2D eigenvalue weighted by molar-refractivity contribution is 7.12. The molecule has 4 unspecified atom stereocenters. The van der Waals surface area contributed by atoms with Gasteiger partial charge in [0.15, 0.2) is 0 Å². The van der Waals surface area contributed by atoms with Crippen LogP contribution in [0.25, 0.3) is 0 Å². The summed E-state index contributed by atoms with van der Waals surface area (Å²) in [5, 5.41) is 10.2. The van der Waals surface area contributed by atoms with Crippen molar-refractivity contribution >= 4 is 11.3 Å². The predicted molar refractivity (Wildman–Crippen MR) is 67.6 cm³/mol. The molecule has 2 fully saturated rings. The van der Waals surface area contributed by atoms with Crippen LogP contribution in [0.15, 0.2) is 12.1 Å². The van der Waals surface area contributed by atoms with Crippen molar-refractivity contribution < 1.29 is 5.11 Å². The molecule has 88 valence electrons. The smallest absolute Gasteiger partial charge is 0.0884 e. The topological polar surface area (TPSA) is 20.2 Å². The second kappa shape index (κ2) is 4.15. The van der Waals surface area contributed by atoms with Crippen LogP contribution in [0.1, 0.15) is 48.0 Å². The Hall–Kier alpha value is -0.340. The van der Waals surface area contributed by atoms with Crippen molar-refractivity contribution in [1.82, 2.24) is 0 Å². The Morgan fingerprint density at radius 1 is 1.38 bits per heavy atom. The van der Waals surface area contributed by atoms with E-state index >= 15 is 0 Å². The van der Waals surface area contributed by atoms with Gasteiger partial charge in [0, 0.05) is 9.75 Å². The standard InChI is InChI=1S/C14H20OS/c1-9-2-5-14(16-9)13(15)8-12-7-10-3-4-11(12)6-10/h2,5,10-13,15H,3-4,6-8H2,1H3. The normalized spacial score (nSPS) is 34.5. The molecule has 2 aliphatic carbocycles. The lowest BCUT2D eigenvalue weighted by atomic mass is 9.84. The molecule has 0 aromatic carbocycles. The van der Waals surface area contributed by atoms with Gasteiger partial charge in [-0.1, -0.05) is 6.42 Å². The van der Waals surface area contributed by atoms with Crippen molar-refractivity contribution in [3.63, 3.8) is 0 Å². The van der Waals surface area contributed by atoms with Crippen LogP contribution in [0.3, 0.4) is 0 Å². The van der Waals surface area contributed by atoms with E-state index in [-0.39, 0.29) is 6.10 Å². The van der Waals surface area contributed by atoms with Crippen molar-refractivity contribution in [2.24, 2.45) is 17.8 Å². The highest BCUT2D eigenvalue weighted by Crippen LogP contribution is 2.51. The number of fused-ring (bicyclic) bond motifs is 2. The third-order valence-corrected chi connectivity index (χ3v) is 5.60. The number of aryl methyl sites for hydroxylation is 1. The SMILES string of the molecule is Cc1ccc(C(O)CC2CC3CCC2C3)s1. The molecule has 1 nitrogen and oxygen atoms in total. The van der Waals surface area contributed by atoms with E-state index < -0.39 is 0 Å². The van der Waals surface area contributed by atoms with Crippen molar-refractivity contribution in [2.75, 3.05) is 0 Å².